The molecule has 66 valence electrons. The Bertz CT molecular complexity index is 391. The Kier molecular flexibility index (Phi) is 1.48. The van der Waals surface area contributed by atoms with Crippen molar-refractivity contribution in [2.24, 2.45) is 16.0 Å². The van der Waals surface area contributed by atoms with Gasteiger partial charge in [0.1, 0.15) is 11.5 Å². The van der Waals surface area contributed by atoms with Gasteiger partial charge in [0, 0.05) is 0 Å². The number of rotatable bonds is 1. The zero-order valence-electron chi connectivity index (χ0n) is 6.57. The Labute approximate surface area is 73.3 Å². The summed E-state index contributed by atoms with van der Waals surface area (Å²) in [5, 5.41) is 14.5. The van der Waals surface area contributed by atoms with E-state index in [0.29, 0.717) is 5.70 Å². The lowest BCUT2D eigenvalue weighted by molar-refractivity contribution is -0.138. The molecular weight excluding hydrogens is 172 g/mol. The molecule has 0 radical (unpaired) electrons. The summed E-state index contributed by atoms with van der Waals surface area (Å²) in [5.74, 6) is -0.439. The van der Waals surface area contributed by atoms with E-state index in [1.807, 2.05) is 0 Å². The summed E-state index contributed by atoms with van der Waals surface area (Å²) in [7, 11) is 0. The molecule has 0 bridgehead atoms. The zero-order valence-corrected chi connectivity index (χ0v) is 6.57. The van der Waals surface area contributed by atoms with Crippen molar-refractivity contribution in [1.29, 1.82) is 5.41 Å². The summed E-state index contributed by atoms with van der Waals surface area (Å²) in [6.07, 6.45) is 1.78. The number of amidine groups is 1. The average molecular weight is 178 g/mol. The van der Waals surface area contributed by atoms with Crippen molar-refractivity contribution in [3.8, 4) is 0 Å². The highest BCUT2D eigenvalue weighted by Crippen LogP contribution is 2.29. The highest BCUT2D eigenvalue weighted by atomic mass is 16.5. The Hall–Kier alpha value is -1.98. The smallest absolute Gasteiger partial charge is 0.315 e. The Morgan fingerprint density at radius 3 is 3.08 bits per heavy atom. The highest BCUT2D eigenvalue weighted by Gasteiger charge is 2.27. The quantitative estimate of drug-likeness (QED) is 0.346. The molecule has 0 fully saturated rings. The number of carbonyl (C=O) groups excluding carboxylic acids is 1. The van der Waals surface area contributed by atoms with Crippen LogP contribution in [0.5, 0.6) is 0 Å². The second kappa shape index (κ2) is 2.51. The van der Waals surface area contributed by atoms with Crippen LogP contribution in [0.3, 0.4) is 0 Å². The lowest BCUT2D eigenvalue weighted by Gasteiger charge is -2.09. The van der Waals surface area contributed by atoms with Crippen molar-refractivity contribution in [3.05, 3.63) is 23.2 Å². The first kappa shape index (κ1) is 7.66. The summed E-state index contributed by atoms with van der Waals surface area (Å²) in [4.78, 5) is 10.9. The van der Waals surface area contributed by atoms with Crippen LogP contribution in [-0.4, -0.2) is 11.8 Å². The number of nitrogens with one attached hydrogen (secondary N) is 1. The van der Waals surface area contributed by atoms with Crippen molar-refractivity contribution in [2.75, 3.05) is 0 Å². The maximum absolute atomic E-state index is 10.9. The number of carbonyl (C=O) groups is 1. The van der Waals surface area contributed by atoms with Gasteiger partial charge in [-0.1, -0.05) is 0 Å². The fourth-order valence-corrected chi connectivity index (χ4v) is 1.06. The van der Waals surface area contributed by atoms with Crippen LogP contribution in [0, 0.1) is 5.41 Å². The van der Waals surface area contributed by atoms with Gasteiger partial charge >= 0.3 is 5.97 Å². The van der Waals surface area contributed by atoms with Gasteiger partial charge in [0.05, 0.1) is 6.42 Å². The molecular formula is C7H6N4O2. The molecule has 0 aromatic heterocycles. The summed E-state index contributed by atoms with van der Waals surface area (Å²) in [6, 6.07) is 0. The first-order chi connectivity index (χ1) is 6.18. The van der Waals surface area contributed by atoms with E-state index in [1.54, 1.807) is 6.08 Å². The van der Waals surface area contributed by atoms with E-state index >= 15 is 0 Å². The molecule has 0 spiro atoms. The zero-order chi connectivity index (χ0) is 9.42. The lowest BCUT2D eigenvalue weighted by atomic mass is 10.2. The minimum atomic E-state index is -0.384. The maximum Gasteiger partial charge on any atom is 0.315 e. The molecule has 2 heterocycles. The highest BCUT2D eigenvalue weighted by molar-refractivity contribution is 5.96. The predicted octanol–water partition coefficient (Wildman–Crippen LogP) is 0.431. The van der Waals surface area contributed by atoms with Crippen LogP contribution in [0.1, 0.15) is 6.42 Å². The van der Waals surface area contributed by atoms with Crippen LogP contribution in [0.4, 0.5) is 0 Å². The van der Waals surface area contributed by atoms with E-state index in [9.17, 15) is 4.79 Å². The van der Waals surface area contributed by atoms with E-state index < -0.39 is 0 Å². The first-order valence-corrected chi connectivity index (χ1v) is 3.60. The number of ether oxygens (including phenoxy) is 1. The Morgan fingerprint density at radius 1 is 1.62 bits per heavy atom. The normalized spacial score (nSPS) is 19.7. The third kappa shape index (κ3) is 1.12. The molecule has 0 aromatic carbocycles. The van der Waals surface area contributed by atoms with Gasteiger partial charge in [-0.25, -0.2) is 0 Å². The minimum Gasteiger partial charge on any atom is -0.421 e. The van der Waals surface area contributed by atoms with E-state index in [1.165, 1.54) is 0 Å². The molecule has 2 aliphatic rings. The Balaban J connectivity index is 2.48. The second-order valence-corrected chi connectivity index (χ2v) is 2.56. The molecule has 0 amide bonds. The van der Waals surface area contributed by atoms with Gasteiger partial charge in [0.15, 0.2) is 11.5 Å². The number of nitrogens with zero attached hydrogens (tertiary/aromatic N) is 2. The molecule has 13 heavy (non-hydrogen) atoms. The molecule has 6 heteroatoms. The molecule has 2 aliphatic heterocycles. The summed E-state index contributed by atoms with van der Waals surface area (Å²) >= 11 is 0. The van der Waals surface area contributed by atoms with E-state index in [4.69, 9.17) is 15.9 Å². The second-order valence-electron chi connectivity index (χ2n) is 2.56. The summed E-state index contributed by atoms with van der Waals surface area (Å²) in [5.41, 5.74) is 5.80. The number of azo groups is 1. The third-order valence-corrected chi connectivity index (χ3v) is 1.64. The fourth-order valence-electron chi connectivity index (χ4n) is 1.06. The van der Waals surface area contributed by atoms with Crippen LogP contribution < -0.4 is 5.73 Å². The topological polar surface area (TPSA) is 101 Å². The molecule has 0 saturated heterocycles. The van der Waals surface area contributed by atoms with Gasteiger partial charge in [-0.2, -0.15) is 0 Å². The maximum atomic E-state index is 10.9. The average Bonchev–Trinajstić information content (AvgIpc) is 2.46. The van der Waals surface area contributed by atoms with Crippen molar-refractivity contribution in [2.45, 2.75) is 6.42 Å². The molecule has 0 saturated carbocycles. The predicted molar refractivity (Wildman–Crippen MR) is 42.6 cm³/mol. The van der Waals surface area contributed by atoms with Crippen LogP contribution in [0.2, 0.25) is 0 Å². The van der Waals surface area contributed by atoms with Crippen LogP contribution in [0.25, 0.3) is 0 Å². The number of nitrogens with two attached hydrogens (primary N) is 1. The number of esters is 1. The number of hydrogen-bond acceptors (Lipinski definition) is 5. The van der Waals surface area contributed by atoms with Crippen LogP contribution in [-0.2, 0) is 9.53 Å². The van der Waals surface area contributed by atoms with Crippen molar-refractivity contribution >= 4 is 11.8 Å². The summed E-state index contributed by atoms with van der Waals surface area (Å²) < 4.78 is 4.85. The minimum absolute atomic E-state index is 0.124. The molecule has 6 nitrogen and oxygen atoms in total. The van der Waals surface area contributed by atoms with Gasteiger partial charge in [-0.05, 0) is 6.08 Å². The SMILES string of the molecule is N=C(N)C1=C2OC(=O)CC=C2N=N1. The van der Waals surface area contributed by atoms with Gasteiger partial charge in [0.2, 0.25) is 0 Å². The monoisotopic (exact) mass is 178 g/mol. The standard InChI is InChI=1S/C7H6N4O2/c8-7(9)5-6-3(10-11-5)1-2-4(12)13-6/h1H,2H2,(H3,8,9). The lowest BCUT2D eigenvalue weighted by Crippen LogP contribution is -2.16. The number of hydrogen-bond donors (Lipinski definition) is 2. The molecule has 0 aliphatic carbocycles. The molecule has 0 aromatic rings. The largest absolute Gasteiger partial charge is 0.421 e. The Morgan fingerprint density at radius 2 is 2.38 bits per heavy atom. The van der Waals surface area contributed by atoms with Crippen LogP contribution >= 0.6 is 0 Å². The first-order valence-electron chi connectivity index (χ1n) is 3.60. The fraction of sp³-hybridized carbons (Fsp3) is 0.143. The summed E-state index contributed by atoms with van der Waals surface area (Å²) in [6.45, 7) is 0. The van der Waals surface area contributed by atoms with Gasteiger partial charge in [-0.15, -0.1) is 10.2 Å². The van der Waals surface area contributed by atoms with Gasteiger partial charge in [-0.3, -0.25) is 10.2 Å². The van der Waals surface area contributed by atoms with Crippen molar-refractivity contribution < 1.29 is 9.53 Å². The van der Waals surface area contributed by atoms with Gasteiger partial charge < -0.3 is 10.5 Å². The van der Waals surface area contributed by atoms with Crippen molar-refractivity contribution in [1.82, 2.24) is 0 Å². The van der Waals surface area contributed by atoms with Crippen molar-refractivity contribution in [3.63, 3.8) is 0 Å². The number of fused-ring (bicyclic) bond motifs is 1. The molecule has 3 N–H and O–H groups in total. The van der Waals surface area contributed by atoms with E-state index in [0.717, 1.165) is 0 Å². The van der Waals surface area contributed by atoms with E-state index in [2.05, 4.69) is 10.2 Å². The van der Waals surface area contributed by atoms with E-state index in [-0.39, 0.29) is 29.7 Å². The molecule has 0 atom stereocenters. The molecule has 2 rings (SSSR count). The van der Waals surface area contributed by atoms with Crippen LogP contribution in [0.15, 0.2) is 33.5 Å². The third-order valence-electron chi connectivity index (χ3n) is 1.64. The van der Waals surface area contributed by atoms with Gasteiger partial charge in [0.25, 0.3) is 0 Å². The molecule has 0 unspecified atom stereocenters.